The molecule has 1 aliphatic heterocycles. The standard InChI is InChI=1S/C20H26N3O3.H2N.2Rb/c1-21-7-3-5-17(21)20(25)14-16-13-18(22(2)15-16)19(24)6-4-8-23-9-11-26-12-10-23;;;/h5,7,13,15H,4,6,8-12,14H2,1-2H3;1H2;;/q2*-1;2*+1. The number of aryl methyl sites for hydroxylation is 2. The molecule has 2 N–H and O–H groups in total. The minimum Gasteiger partial charge on any atom is -0.693 e. The van der Waals surface area contributed by atoms with Crippen LogP contribution in [-0.2, 0) is 25.3 Å². The van der Waals surface area contributed by atoms with E-state index in [1.165, 1.54) is 0 Å². The second kappa shape index (κ2) is 15.3. The maximum Gasteiger partial charge on any atom is 1.00 e. The minimum atomic E-state index is 0. The van der Waals surface area contributed by atoms with E-state index in [4.69, 9.17) is 4.74 Å². The van der Waals surface area contributed by atoms with Crippen LogP contribution in [-0.4, -0.2) is 58.4 Å². The van der Waals surface area contributed by atoms with Crippen LogP contribution in [0.2, 0.25) is 0 Å². The van der Waals surface area contributed by atoms with Crippen LogP contribution in [0, 0.1) is 6.07 Å². The Balaban J connectivity index is 0.00000261. The van der Waals surface area contributed by atoms with Crippen molar-refractivity contribution in [1.29, 1.82) is 0 Å². The summed E-state index contributed by atoms with van der Waals surface area (Å²) >= 11 is 0. The fourth-order valence-corrected chi connectivity index (χ4v) is 3.38. The predicted octanol–water partition coefficient (Wildman–Crippen LogP) is -3.39. The quantitative estimate of drug-likeness (QED) is 0.257. The van der Waals surface area contributed by atoms with Crippen molar-refractivity contribution < 1.29 is 131 Å². The fraction of sp³-hybridized carbons (Fsp3) is 0.500. The summed E-state index contributed by atoms with van der Waals surface area (Å²) in [5, 5.41) is 0. The van der Waals surface area contributed by atoms with Crippen molar-refractivity contribution in [3.05, 3.63) is 53.7 Å². The Kier molecular flexibility index (Phi) is 16.0. The molecule has 0 radical (unpaired) electrons. The average Bonchev–Trinajstić information content (AvgIpc) is 3.21. The number of hydrogen-bond donors (Lipinski definition) is 0. The van der Waals surface area contributed by atoms with Gasteiger partial charge in [0.1, 0.15) is 5.78 Å². The number of Topliss-reactive ketones (excluding diaryl/α,β-unsaturated/α-hetero) is 2. The number of morpholine rings is 1. The van der Waals surface area contributed by atoms with Crippen LogP contribution < -0.4 is 116 Å². The largest absolute Gasteiger partial charge is 1.00 e. The van der Waals surface area contributed by atoms with Gasteiger partial charge in [-0.15, -0.1) is 6.20 Å². The predicted molar refractivity (Wildman–Crippen MR) is 104 cm³/mol. The van der Waals surface area contributed by atoms with Crippen molar-refractivity contribution in [1.82, 2.24) is 14.0 Å². The number of carbonyl (C=O) groups excluding carboxylic acids is 2. The van der Waals surface area contributed by atoms with Gasteiger partial charge in [-0.2, -0.15) is 0 Å². The van der Waals surface area contributed by atoms with Gasteiger partial charge in [-0.05, 0) is 31.6 Å². The normalized spacial score (nSPS) is 13.7. The Bertz CT molecular complexity index is 783. The third kappa shape index (κ3) is 9.04. The maximum atomic E-state index is 12.5. The molecule has 0 bridgehead atoms. The zero-order valence-corrected chi connectivity index (χ0v) is 27.9. The first kappa shape index (κ1) is 30.4. The summed E-state index contributed by atoms with van der Waals surface area (Å²) in [7, 11) is 3.69. The molecule has 0 saturated carbocycles. The van der Waals surface area contributed by atoms with E-state index >= 15 is 0 Å². The van der Waals surface area contributed by atoms with Crippen molar-refractivity contribution in [2.24, 2.45) is 14.1 Å². The Morgan fingerprint density at radius 3 is 2.38 bits per heavy atom. The van der Waals surface area contributed by atoms with E-state index in [1.54, 1.807) is 16.8 Å². The van der Waals surface area contributed by atoms with Crippen LogP contribution in [0.25, 0.3) is 6.15 Å². The molecular formula is C20H28N4O3Rb2. The number of nitrogens with two attached hydrogens (primary N) is 1. The summed E-state index contributed by atoms with van der Waals surface area (Å²) in [5.74, 6) is 0.164. The molecule has 2 aromatic heterocycles. The summed E-state index contributed by atoms with van der Waals surface area (Å²) in [4.78, 5) is 27.2. The molecule has 1 saturated heterocycles. The van der Waals surface area contributed by atoms with E-state index in [0.717, 1.165) is 44.8 Å². The third-order valence-electron chi connectivity index (χ3n) is 4.85. The molecule has 29 heavy (non-hydrogen) atoms. The van der Waals surface area contributed by atoms with E-state index in [2.05, 4.69) is 11.0 Å². The molecule has 9 heteroatoms. The number of aromatic nitrogens is 2. The van der Waals surface area contributed by atoms with Gasteiger partial charge in [-0.3, -0.25) is 9.69 Å². The first-order valence-corrected chi connectivity index (χ1v) is 9.09. The molecule has 0 spiro atoms. The Labute approximate surface area is 271 Å². The zero-order valence-electron chi connectivity index (χ0n) is 18.1. The molecule has 2 aromatic rings. The van der Waals surface area contributed by atoms with Gasteiger partial charge in [-0.25, -0.2) is 12.1 Å². The summed E-state index contributed by atoms with van der Waals surface area (Å²) < 4.78 is 8.93. The van der Waals surface area contributed by atoms with Gasteiger partial charge in [0.25, 0.3) is 0 Å². The number of rotatable bonds is 8. The Morgan fingerprint density at radius 1 is 1.07 bits per heavy atom. The van der Waals surface area contributed by atoms with Gasteiger partial charge < -0.3 is 24.8 Å². The third-order valence-corrected chi connectivity index (χ3v) is 4.85. The van der Waals surface area contributed by atoms with Crippen LogP contribution >= 0.6 is 0 Å². The van der Waals surface area contributed by atoms with Crippen molar-refractivity contribution >= 4 is 11.6 Å². The van der Waals surface area contributed by atoms with Gasteiger partial charge in [-0.1, -0.05) is 5.69 Å². The summed E-state index contributed by atoms with van der Waals surface area (Å²) in [6.07, 6.45) is 5.27. The fourth-order valence-electron chi connectivity index (χ4n) is 3.38. The molecular weight excluding hydrogens is 515 g/mol. The van der Waals surface area contributed by atoms with Gasteiger partial charge in [0.15, 0.2) is 5.78 Å². The van der Waals surface area contributed by atoms with E-state index in [-0.39, 0.29) is 134 Å². The molecule has 0 aliphatic carbocycles. The molecule has 7 nitrogen and oxygen atoms in total. The van der Waals surface area contributed by atoms with Crippen LogP contribution in [0.15, 0.2) is 24.5 Å². The van der Waals surface area contributed by atoms with Crippen LogP contribution in [0.3, 0.4) is 0 Å². The van der Waals surface area contributed by atoms with E-state index < -0.39 is 0 Å². The van der Waals surface area contributed by atoms with E-state index in [1.807, 2.05) is 30.9 Å². The summed E-state index contributed by atoms with van der Waals surface area (Å²) in [6.45, 7) is 4.38. The van der Waals surface area contributed by atoms with E-state index in [9.17, 15) is 9.59 Å². The van der Waals surface area contributed by atoms with Crippen molar-refractivity contribution in [3.63, 3.8) is 0 Å². The second-order valence-electron chi connectivity index (χ2n) is 6.86. The molecule has 0 amide bonds. The maximum absolute atomic E-state index is 12.5. The second-order valence-corrected chi connectivity index (χ2v) is 6.86. The van der Waals surface area contributed by atoms with Gasteiger partial charge in [0, 0.05) is 39.2 Å². The Hall–Kier alpha value is 1.39. The minimum absolute atomic E-state index is 0. The molecule has 3 rings (SSSR count). The first-order chi connectivity index (χ1) is 12.5. The Morgan fingerprint density at radius 2 is 1.76 bits per heavy atom. The molecule has 1 fully saturated rings. The molecule has 0 aromatic carbocycles. The summed E-state index contributed by atoms with van der Waals surface area (Å²) in [5.41, 5.74) is 2.18. The van der Waals surface area contributed by atoms with Crippen molar-refractivity contribution in [2.45, 2.75) is 19.3 Å². The van der Waals surface area contributed by atoms with Gasteiger partial charge in [0.2, 0.25) is 0 Å². The number of carbonyl (C=O) groups is 2. The molecule has 0 unspecified atom stereocenters. The van der Waals surface area contributed by atoms with Crippen LogP contribution in [0.5, 0.6) is 0 Å². The molecule has 3 heterocycles. The molecule has 1 aliphatic rings. The molecule has 148 valence electrons. The average molecular weight is 543 g/mol. The first-order valence-electron chi connectivity index (χ1n) is 9.09. The van der Waals surface area contributed by atoms with Gasteiger partial charge in [0.05, 0.1) is 18.9 Å². The SMILES string of the molecule is Cn1cc(CC(=O)c2c[c-]cn2C)cc1C(=O)CCCN1CCOCC1.[NH2-].[Rb+].[Rb+]. The van der Waals surface area contributed by atoms with Crippen LogP contribution in [0.1, 0.15) is 39.4 Å². The summed E-state index contributed by atoms with van der Waals surface area (Å²) in [6, 6.07) is 6.47. The topological polar surface area (TPSA) is 90.0 Å². The molecule has 0 atom stereocenters. The number of hydrogen-bond acceptors (Lipinski definition) is 4. The van der Waals surface area contributed by atoms with Crippen molar-refractivity contribution in [2.75, 3.05) is 32.8 Å². The zero-order chi connectivity index (χ0) is 18.5. The monoisotopic (exact) mass is 542 g/mol. The smallest absolute Gasteiger partial charge is 0.693 e. The number of nitrogens with zero attached hydrogens (tertiary/aromatic N) is 3. The van der Waals surface area contributed by atoms with Crippen molar-refractivity contribution in [3.8, 4) is 0 Å². The number of ketones is 2. The number of ether oxygens (including phenoxy) is 1. The van der Waals surface area contributed by atoms with E-state index in [0.29, 0.717) is 24.2 Å². The van der Waals surface area contributed by atoms with Crippen LogP contribution in [0.4, 0.5) is 0 Å². The van der Waals surface area contributed by atoms with Gasteiger partial charge >= 0.3 is 116 Å².